The molecule has 0 unspecified atom stereocenters. The Morgan fingerprint density at radius 2 is 1.61 bits per heavy atom. The SMILES string of the molecule is O=C(NCc1ccccc1NC(=S)Nc1ccccc1)C(=Cc1cccnc1)NC(=O)c1ccc(Cl)cc1. The van der Waals surface area contributed by atoms with E-state index in [0.717, 1.165) is 16.9 Å². The molecule has 4 aromatic rings. The fourth-order valence-electron chi connectivity index (χ4n) is 3.46. The Kier molecular flexibility index (Phi) is 9.17. The number of halogens is 1. The number of anilines is 2. The quantitative estimate of drug-likeness (QED) is 0.170. The third-order valence-corrected chi connectivity index (χ3v) is 5.79. The van der Waals surface area contributed by atoms with Crippen LogP contribution in [0.1, 0.15) is 21.5 Å². The molecule has 0 aliphatic rings. The van der Waals surface area contributed by atoms with Crippen LogP contribution >= 0.6 is 23.8 Å². The van der Waals surface area contributed by atoms with Crippen molar-refractivity contribution < 1.29 is 9.59 Å². The number of carbonyl (C=O) groups is 2. The van der Waals surface area contributed by atoms with E-state index < -0.39 is 11.8 Å². The van der Waals surface area contributed by atoms with Gasteiger partial charge in [-0.3, -0.25) is 14.6 Å². The van der Waals surface area contributed by atoms with Crippen LogP contribution in [0.4, 0.5) is 11.4 Å². The normalized spacial score (nSPS) is 10.8. The van der Waals surface area contributed by atoms with E-state index in [0.29, 0.717) is 21.3 Å². The number of thiocarbonyl (C=S) groups is 1. The summed E-state index contributed by atoms with van der Waals surface area (Å²) >= 11 is 11.4. The van der Waals surface area contributed by atoms with E-state index in [-0.39, 0.29) is 12.2 Å². The van der Waals surface area contributed by atoms with Gasteiger partial charge in [-0.05, 0) is 78.0 Å². The monoisotopic (exact) mass is 541 g/mol. The van der Waals surface area contributed by atoms with E-state index in [2.05, 4.69) is 26.3 Å². The summed E-state index contributed by atoms with van der Waals surface area (Å²) in [6, 6.07) is 27.0. The van der Waals surface area contributed by atoms with Crippen molar-refractivity contribution in [3.05, 3.63) is 131 Å². The minimum absolute atomic E-state index is 0.0738. The van der Waals surface area contributed by atoms with Crippen molar-refractivity contribution in [3.63, 3.8) is 0 Å². The molecule has 2 amide bonds. The van der Waals surface area contributed by atoms with Crippen LogP contribution in [0.5, 0.6) is 0 Å². The van der Waals surface area contributed by atoms with Gasteiger partial charge in [0.05, 0.1) is 0 Å². The molecule has 190 valence electrons. The molecule has 1 aromatic heterocycles. The van der Waals surface area contributed by atoms with Crippen LogP contribution in [0.3, 0.4) is 0 Å². The first-order chi connectivity index (χ1) is 18.5. The molecular weight excluding hydrogens is 518 g/mol. The van der Waals surface area contributed by atoms with E-state index in [1.165, 1.54) is 0 Å². The van der Waals surface area contributed by atoms with Crippen LogP contribution < -0.4 is 21.3 Å². The lowest BCUT2D eigenvalue weighted by molar-refractivity contribution is -0.117. The molecule has 9 heteroatoms. The lowest BCUT2D eigenvalue weighted by atomic mass is 10.1. The van der Waals surface area contributed by atoms with E-state index in [1.807, 2.05) is 54.6 Å². The second-order valence-electron chi connectivity index (χ2n) is 8.09. The number of rotatable bonds is 8. The Hall–Kier alpha value is -4.53. The average Bonchev–Trinajstić information content (AvgIpc) is 2.93. The fourth-order valence-corrected chi connectivity index (χ4v) is 3.81. The summed E-state index contributed by atoms with van der Waals surface area (Å²) in [6.07, 6.45) is 4.80. The number of amides is 2. The summed E-state index contributed by atoms with van der Waals surface area (Å²) in [4.78, 5) is 30.1. The second kappa shape index (κ2) is 13.1. The van der Waals surface area contributed by atoms with Gasteiger partial charge in [0.2, 0.25) is 0 Å². The largest absolute Gasteiger partial charge is 0.347 e. The van der Waals surface area contributed by atoms with Gasteiger partial charge >= 0.3 is 0 Å². The van der Waals surface area contributed by atoms with Gasteiger partial charge in [-0.1, -0.05) is 54.1 Å². The van der Waals surface area contributed by atoms with Crippen LogP contribution in [0.25, 0.3) is 6.08 Å². The second-order valence-corrected chi connectivity index (χ2v) is 8.94. The summed E-state index contributed by atoms with van der Waals surface area (Å²) in [5.41, 5.74) is 3.51. The van der Waals surface area contributed by atoms with Gasteiger partial charge < -0.3 is 21.3 Å². The Bertz CT molecular complexity index is 1450. The highest BCUT2D eigenvalue weighted by Crippen LogP contribution is 2.17. The number of benzene rings is 3. The number of aromatic nitrogens is 1. The molecule has 0 spiro atoms. The van der Waals surface area contributed by atoms with Crippen molar-refractivity contribution in [1.82, 2.24) is 15.6 Å². The standard InChI is InChI=1S/C29H24ClN5O2S/c30-23-14-12-21(13-15-23)27(36)34-26(17-20-7-6-16-31-18-20)28(37)32-19-22-8-4-5-11-25(22)35-29(38)33-24-9-2-1-3-10-24/h1-18H,19H2,(H,32,37)(H,34,36)(H2,33,35,38). The molecule has 3 aromatic carbocycles. The molecule has 4 rings (SSSR count). The third-order valence-electron chi connectivity index (χ3n) is 5.33. The first kappa shape index (κ1) is 26.5. The van der Waals surface area contributed by atoms with Crippen molar-refractivity contribution in [2.75, 3.05) is 10.6 Å². The highest BCUT2D eigenvalue weighted by molar-refractivity contribution is 7.80. The van der Waals surface area contributed by atoms with Crippen molar-refractivity contribution in [2.24, 2.45) is 0 Å². The zero-order valence-corrected chi connectivity index (χ0v) is 21.7. The van der Waals surface area contributed by atoms with Gasteiger partial charge in [-0.25, -0.2) is 0 Å². The van der Waals surface area contributed by atoms with Crippen molar-refractivity contribution in [2.45, 2.75) is 6.54 Å². The van der Waals surface area contributed by atoms with Gasteiger partial charge in [0.15, 0.2) is 5.11 Å². The topological polar surface area (TPSA) is 95.2 Å². The molecule has 0 atom stereocenters. The Labute approximate surface area is 231 Å². The fraction of sp³-hybridized carbons (Fsp3) is 0.0345. The van der Waals surface area contributed by atoms with Gasteiger partial charge in [-0.15, -0.1) is 0 Å². The maximum atomic E-state index is 13.2. The summed E-state index contributed by atoms with van der Waals surface area (Å²) in [7, 11) is 0. The van der Waals surface area contributed by atoms with Gasteiger partial charge in [-0.2, -0.15) is 0 Å². The third kappa shape index (κ3) is 7.73. The first-order valence-corrected chi connectivity index (χ1v) is 12.4. The molecule has 0 saturated carbocycles. The van der Waals surface area contributed by atoms with Crippen molar-refractivity contribution >= 4 is 58.2 Å². The Morgan fingerprint density at radius 1 is 0.868 bits per heavy atom. The molecule has 4 N–H and O–H groups in total. The van der Waals surface area contributed by atoms with Crippen molar-refractivity contribution in [1.29, 1.82) is 0 Å². The summed E-state index contributed by atoms with van der Waals surface area (Å²) in [5.74, 6) is -0.901. The number of hydrogen-bond donors (Lipinski definition) is 4. The maximum Gasteiger partial charge on any atom is 0.268 e. The first-order valence-electron chi connectivity index (χ1n) is 11.7. The summed E-state index contributed by atoms with van der Waals surface area (Å²) < 4.78 is 0. The van der Waals surface area contributed by atoms with E-state index in [1.54, 1.807) is 54.9 Å². The highest BCUT2D eigenvalue weighted by Gasteiger charge is 2.15. The van der Waals surface area contributed by atoms with Gasteiger partial charge in [0.1, 0.15) is 5.70 Å². The predicted octanol–water partition coefficient (Wildman–Crippen LogP) is 5.63. The minimum Gasteiger partial charge on any atom is -0.347 e. The predicted molar refractivity (Wildman–Crippen MR) is 156 cm³/mol. The van der Waals surface area contributed by atoms with E-state index in [9.17, 15) is 9.59 Å². The smallest absolute Gasteiger partial charge is 0.268 e. The molecule has 0 fully saturated rings. The van der Waals surface area contributed by atoms with Crippen molar-refractivity contribution in [3.8, 4) is 0 Å². The van der Waals surface area contributed by atoms with Gasteiger partial charge in [0.25, 0.3) is 11.8 Å². The molecule has 7 nitrogen and oxygen atoms in total. The van der Waals surface area contributed by atoms with Gasteiger partial charge in [0, 0.05) is 40.9 Å². The van der Waals surface area contributed by atoms with E-state index >= 15 is 0 Å². The number of nitrogens with one attached hydrogen (secondary N) is 4. The zero-order chi connectivity index (χ0) is 26.7. The summed E-state index contributed by atoms with van der Waals surface area (Å²) in [5, 5.41) is 12.8. The molecule has 0 saturated heterocycles. The van der Waals surface area contributed by atoms with Crippen LogP contribution in [-0.4, -0.2) is 21.9 Å². The molecule has 0 aliphatic heterocycles. The lowest BCUT2D eigenvalue weighted by Gasteiger charge is -2.15. The molecule has 0 radical (unpaired) electrons. The number of para-hydroxylation sites is 2. The molecule has 0 bridgehead atoms. The number of carbonyl (C=O) groups excluding carboxylic acids is 2. The zero-order valence-electron chi connectivity index (χ0n) is 20.1. The van der Waals surface area contributed by atoms with Crippen LogP contribution in [0, 0.1) is 0 Å². The Balaban J connectivity index is 1.47. The maximum absolute atomic E-state index is 13.2. The molecule has 1 heterocycles. The molecule has 0 aliphatic carbocycles. The highest BCUT2D eigenvalue weighted by atomic mass is 35.5. The lowest BCUT2D eigenvalue weighted by Crippen LogP contribution is -2.34. The molecular formula is C29H24ClN5O2S. The molecule has 38 heavy (non-hydrogen) atoms. The Morgan fingerprint density at radius 3 is 2.34 bits per heavy atom. The van der Waals surface area contributed by atoms with Crippen LogP contribution in [-0.2, 0) is 11.3 Å². The summed E-state index contributed by atoms with van der Waals surface area (Å²) in [6.45, 7) is 0.192. The van der Waals surface area contributed by atoms with E-state index in [4.69, 9.17) is 23.8 Å². The number of pyridine rings is 1. The number of nitrogens with zero attached hydrogens (tertiary/aromatic N) is 1. The minimum atomic E-state index is -0.462. The average molecular weight is 542 g/mol. The number of hydrogen-bond acceptors (Lipinski definition) is 4. The van der Waals surface area contributed by atoms with Crippen LogP contribution in [0.2, 0.25) is 5.02 Å². The van der Waals surface area contributed by atoms with Crippen LogP contribution in [0.15, 0.2) is 109 Å².